The summed E-state index contributed by atoms with van der Waals surface area (Å²) in [6, 6.07) is -1.22. The van der Waals surface area contributed by atoms with Crippen LogP contribution in [0, 0.1) is 11.6 Å². The number of alkyl halides is 1. The first-order chi connectivity index (χ1) is 8.81. The van der Waals surface area contributed by atoms with E-state index < -0.39 is 41.1 Å². The maximum atomic E-state index is 13.7. The lowest BCUT2D eigenvalue weighted by Gasteiger charge is -2.18. The predicted octanol–water partition coefficient (Wildman–Crippen LogP) is 2.76. The van der Waals surface area contributed by atoms with E-state index >= 15 is 0 Å². The average molecular weight is 379 g/mol. The average Bonchev–Trinajstić information content (AvgIpc) is 2.36. The summed E-state index contributed by atoms with van der Waals surface area (Å²) in [6.45, 7) is 1.36. The molecule has 0 aliphatic heterocycles. The molecule has 114 valence electrons. The molecule has 2 atom stereocenters. The largest absolute Gasteiger partial charge is 0.506 e. The molecule has 0 fully saturated rings. The second kappa shape index (κ2) is 7.70. The van der Waals surface area contributed by atoms with Crippen molar-refractivity contribution in [1.82, 2.24) is 0 Å². The van der Waals surface area contributed by atoms with Crippen molar-refractivity contribution in [3.8, 4) is 5.75 Å². The fourth-order valence-electron chi connectivity index (χ4n) is 1.42. The number of aromatic hydroxyl groups is 1. The van der Waals surface area contributed by atoms with Crippen LogP contribution in [0.2, 0.25) is 0 Å². The van der Waals surface area contributed by atoms with Crippen molar-refractivity contribution >= 4 is 34.3 Å². The van der Waals surface area contributed by atoms with Gasteiger partial charge in [0, 0.05) is 0 Å². The minimum Gasteiger partial charge on any atom is -0.506 e. The lowest BCUT2D eigenvalue weighted by molar-refractivity contribution is -0.150. The number of benzene rings is 1. The van der Waals surface area contributed by atoms with Crippen molar-refractivity contribution in [1.29, 1.82) is 0 Å². The Bertz CT molecular complexity index is 478. The molecule has 0 radical (unpaired) electrons. The molecule has 9 heteroatoms. The van der Waals surface area contributed by atoms with E-state index in [0.717, 1.165) is 0 Å². The van der Waals surface area contributed by atoms with E-state index in [9.17, 15) is 23.1 Å². The van der Waals surface area contributed by atoms with Gasteiger partial charge >= 0.3 is 5.97 Å². The molecule has 0 bridgehead atoms. The van der Waals surface area contributed by atoms with E-state index in [1.54, 1.807) is 0 Å². The molecule has 0 saturated heterocycles. The molecule has 3 N–H and O–H groups in total. The summed E-state index contributed by atoms with van der Waals surface area (Å²) >= 11 is 2.77. The van der Waals surface area contributed by atoms with Crippen LogP contribution in [0.3, 0.4) is 0 Å². The number of carbonyl (C=O) groups is 1. The number of hydrogen-bond donors (Lipinski definition) is 2. The molecule has 0 aliphatic rings. The van der Waals surface area contributed by atoms with E-state index in [0.29, 0.717) is 6.07 Å². The number of hydrogen-bond acceptors (Lipinski definition) is 4. The predicted molar refractivity (Wildman–Crippen MR) is 71.4 cm³/mol. The molecular formula is C11H12BrClF3NO3. The standard InChI is InChI=1S/C11H11BrF3NO3.ClH/c1-2-19-11(18)8(15)9(16)6-7(14)5(13)3-4(12)10(6)17;/h3,8-9,17H,2,16H2,1H3;1H/t8?,9-;/m1./s1. The van der Waals surface area contributed by atoms with Gasteiger partial charge in [0.1, 0.15) is 5.75 Å². The number of carbonyl (C=O) groups excluding carboxylic acids is 1. The quantitative estimate of drug-likeness (QED) is 0.624. The van der Waals surface area contributed by atoms with Gasteiger partial charge in [-0.05, 0) is 28.9 Å². The lowest BCUT2D eigenvalue weighted by atomic mass is 10.0. The SMILES string of the molecule is CCOC(=O)C(F)[C@H](N)c1c(O)c(Br)cc(F)c1F.Cl. The zero-order chi connectivity index (χ0) is 14.7. The normalized spacial score (nSPS) is 13.3. The van der Waals surface area contributed by atoms with Crippen LogP contribution < -0.4 is 5.73 Å². The maximum Gasteiger partial charge on any atom is 0.342 e. The Morgan fingerprint density at radius 2 is 2.10 bits per heavy atom. The minimum atomic E-state index is -2.42. The number of halogens is 5. The van der Waals surface area contributed by atoms with Crippen molar-refractivity contribution in [2.75, 3.05) is 6.61 Å². The van der Waals surface area contributed by atoms with Crippen LogP contribution in [0.25, 0.3) is 0 Å². The molecule has 1 rings (SSSR count). The molecule has 0 spiro atoms. The molecule has 1 aromatic carbocycles. The third-order valence-corrected chi connectivity index (χ3v) is 2.95. The third-order valence-electron chi connectivity index (χ3n) is 2.34. The smallest absolute Gasteiger partial charge is 0.342 e. The Kier molecular flexibility index (Phi) is 7.32. The second-order valence-electron chi connectivity index (χ2n) is 3.60. The Balaban J connectivity index is 0.00000361. The van der Waals surface area contributed by atoms with E-state index in [1.165, 1.54) is 6.92 Å². The Hall–Kier alpha value is -0.990. The van der Waals surface area contributed by atoms with Gasteiger partial charge in [0.25, 0.3) is 0 Å². The molecule has 1 aromatic rings. The van der Waals surface area contributed by atoms with Gasteiger partial charge in [0.05, 0.1) is 22.7 Å². The molecule has 0 saturated carbocycles. The Morgan fingerprint density at radius 3 is 2.60 bits per heavy atom. The van der Waals surface area contributed by atoms with E-state index in [2.05, 4.69) is 20.7 Å². The summed E-state index contributed by atoms with van der Waals surface area (Å²) in [7, 11) is 0. The molecular weight excluding hydrogens is 366 g/mol. The highest BCUT2D eigenvalue weighted by Gasteiger charge is 2.33. The fraction of sp³-hybridized carbons (Fsp3) is 0.364. The van der Waals surface area contributed by atoms with E-state index in [1.807, 2.05) is 0 Å². The highest BCUT2D eigenvalue weighted by Crippen LogP contribution is 2.36. The van der Waals surface area contributed by atoms with Gasteiger partial charge in [0.15, 0.2) is 11.6 Å². The summed E-state index contributed by atoms with van der Waals surface area (Å²) < 4.78 is 44.6. The molecule has 0 aliphatic carbocycles. The van der Waals surface area contributed by atoms with Crippen molar-refractivity contribution < 1.29 is 27.8 Å². The molecule has 1 unspecified atom stereocenters. The van der Waals surface area contributed by atoms with Crippen LogP contribution in [0.5, 0.6) is 5.75 Å². The first-order valence-corrected chi connectivity index (χ1v) is 6.03. The number of nitrogens with two attached hydrogens (primary N) is 1. The highest BCUT2D eigenvalue weighted by molar-refractivity contribution is 9.10. The third kappa shape index (κ3) is 3.77. The van der Waals surface area contributed by atoms with Crippen LogP contribution in [-0.4, -0.2) is 23.9 Å². The van der Waals surface area contributed by atoms with Crippen LogP contribution in [-0.2, 0) is 9.53 Å². The monoisotopic (exact) mass is 377 g/mol. The maximum absolute atomic E-state index is 13.7. The molecule has 4 nitrogen and oxygen atoms in total. The minimum absolute atomic E-state index is 0. The van der Waals surface area contributed by atoms with Crippen molar-refractivity contribution in [2.24, 2.45) is 5.73 Å². The summed E-state index contributed by atoms with van der Waals surface area (Å²) in [5.74, 6) is -4.92. The number of rotatable bonds is 4. The van der Waals surface area contributed by atoms with Crippen LogP contribution in [0.15, 0.2) is 10.5 Å². The van der Waals surface area contributed by atoms with Gasteiger partial charge in [0.2, 0.25) is 6.17 Å². The van der Waals surface area contributed by atoms with Gasteiger partial charge in [-0.2, -0.15) is 0 Å². The van der Waals surface area contributed by atoms with Crippen LogP contribution in [0.1, 0.15) is 18.5 Å². The highest BCUT2D eigenvalue weighted by atomic mass is 79.9. The topological polar surface area (TPSA) is 72.5 Å². The van der Waals surface area contributed by atoms with Gasteiger partial charge < -0.3 is 15.6 Å². The van der Waals surface area contributed by atoms with Crippen LogP contribution in [0.4, 0.5) is 13.2 Å². The van der Waals surface area contributed by atoms with Crippen molar-refractivity contribution in [3.63, 3.8) is 0 Å². The van der Waals surface area contributed by atoms with Crippen molar-refractivity contribution in [3.05, 3.63) is 27.7 Å². The number of phenolic OH excluding ortho intramolecular Hbond substituents is 1. The molecule has 0 amide bonds. The number of phenols is 1. The lowest BCUT2D eigenvalue weighted by Crippen LogP contribution is -2.32. The molecule has 0 aromatic heterocycles. The Labute approximate surface area is 127 Å². The number of ether oxygens (including phenoxy) is 1. The summed E-state index contributed by atoms with van der Waals surface area (Å²) in [6.07, 6.45) is -2.42. The van der Waals surface area contributed by atoms with Gasteiger partial charge in [-0.25, -0.2) is 18.0 Å². The van der Waals surface area contributed by atoms with Gasteiger partial charge in [-0.1, -0.05) is 0 Å². The first-order valence-electron chi connectivity index (χ1n) is 5.23. The second-order valence-corrected chi connectivity index (χ2v) is 4.45. The zero-order valence-electron chi connectivity index (χ0n) is 10.2. The summed E-state index contributed by atoms with van der Waals surface area (Å²) in [4.78, 5) is 11.2. The zero-order valence-corrected chi connectivity index (χ0v) is 12.6. The Morgan fingerprint density at radius 1 is 1.55 bits per heavy atom. The number of esters is 1. The molecule has 0 heterocycles. The van der Waals surface area contributed by atoms with Gasteiger partial charge in [-0.3, -0.25) is 0 Å². The van der Waals surface area contributed by atoms with Crippen LogP contribution >= 0.6 is 28.3 Å². The van der Waals surface area contributed by atoms with E-state index in [-0.39, 0.29) is 23.5 Å². The summed E-state index contributed by atoms with van der Waals surface area (Å²) in [5.41, 5.74) is 4.52. The van der Waals surface area contributed by atoms with Crippen molar-refractivity contribution in [2.45, 2.75) is 19.1 Å². The van der Waals surface area contributed by atoms with E-state index in [4.69, 9.17) is 5.73 Å². The molecule has 20 heavy (non-hydrogen) atoms. The van der Waals surface area contributed by atoms with Gasteiger partial charge in [-0.15, -0.1) is 12.4 Å². The first kappa shape index (κ1) is 19.0. The fourth-order valence-corrected chi connectivity index (χ4v) is 1.84. The summed E-state index contributed by atoms with van der Waals surface area (Å²) in [5, 5.41) is 9.58.